The first-order valence-electron chi connectivity index (χ1n) is 5.97. The molecular weight excluding hydrogens is 240 g/mol. The number of carbonyl (C=O) groups is 2. The number of aliphatic hydroxyl groups is 2. The SMILES string of the molecule is CN(CC1CC(O)C1)C(=O)NC(CCO)C(=O)O. The van der Waals surface area contributed by atoms with Gasteiger partial charge in [-0.25, -0.2) is 9.59 Å². The number of aliphatic carboxylic acids is 1. The average Bonchev–Trinajstić information content (AvgIpc) is 2.25. The zero-order chi connectivity index (χ0) is 13.7. The van der Waals surface area contributed by atoms with E-state index in [4.69, 9.17) is 15.3 Å². The monoisotopic (exact) mass is 260 g/mol. The van der Waals surface area contributed by atoms with E-state index in [-0.39, 0.29) is 25.0 Å². The van der Waals surface area contributed by atoms with Crippen LogP contribution in [0.1, 0.15) is 19.3 Å². The molecule has 1 fully saturated rings. The Morgan fingerprint density at radius 3 is 2.50 bits per heavy atom. The number of nitrogens with zero attached hydrogens (tertiary/aromatic N) is 1. The summed E-state index contributed by atoms with van der Waals surface area (Å²) < 4.78 is 0. The van der Waals surface area contributed by atoms with Gasteiger partial charge in [-0.3, -0.25) is 0 Å². The minimum absolute atomic E-state index is 0.0168. The van der Waals surface area contributed by atoms with Crippen LogP contribution in [0, 0.1) is 5.92 Å². The molecule has 104 valence electrons. The summed E-state index contributed by atoms with van der Waals surface area (Å²) in [6, 6.07) is -1.55. The second-order valence-corrected chi connectivity index (χ2v) is 4.72. The first-order chi connectivity index (χ1) is 8.43. The molecule has 4 N–H and O–H groups in total. The van der Waals surface area contributed by atoms with Crippen LogP contribution in [0.15, 0.2) is 0 Å². The van der Waals surface area contributed by atoms with E-state index in [1.54, 1.807) is 7.05 Å². The van der Waals surface area contributed by atoms with Gasteiger partial charge in [0.15, 0.2) is 0 Å². The molecule has 0 heterocycles. The van der Waals surface area contributed by atoms with Crippen molar-refractivity contribution in [2.75, 3.05) is 20.2 Å². The van der Waals surface area contributed by atoms with E-state index in [1.807, 2.05) is 0 Å². The Morgan fingerprint density at radius 1 is 1.44 bits per heavy atom. The number of nitrogens with one attached hydrogen (secondary N) is 1. The molecule has 7 heteroatoms. The van der Waals surface area contributed by atoms with Gasteiger partial charge in [-0.05, 0) is 18.8 Å². The summed E-state index contributed by atoms with van der Waals surface area (Å²) in [6.45, 7) is 0.199. The zero-order valence-corrected chi connectivity index (χ0v) is 10.4. The standard InChI is InChI=1S/C11H20N2O5/c1-13(6-7-4-8(15)5-7)11(18)12-9(2-3-14)10(16)17/h7-9,14-15H,2-6H2,1H3,(H,12,18)(H,16,17). The number of carboxylic acid groups (broad SMARTS) is 1. The molecule has 0 aliphatic heterocycles. The van der Waals surface area contributed by atoms with Gasteiger partial charge in [0.1, 0.15) is 6.04 Å². The van der Waals surface area contributed by atoms with Crippen molar-refractivity contribution in [3.63, 3.8) is 0 Å². The molecule has 0 aromatic heterocycles. The summed E-state index contributed by atoms with van der Waals surface area (Å²) in [5.74, 6) is -0.887. The van der Waals surface area contributed by atoms with Gasteiger partial charge in [-0.1, -0.05) is 0 Å². The minimum Gasteiger partial charge on any atom is -0.480 e. The van der Waals surface area contributed by atoms with E-state index in [9.17, 15) is 9.59 Å². The largest absolute Gasteiger partial charge is 0.480 e. The molecule has 0 spiro atoms. The van der Waals surface area contributed by atoms with E-state index in [0.29, 0.717) is 19.4 Å². The highest BCUT2D eigenvalue weighted by molar-refractivity contribution is 5.82. The topological polar surface area (TPSA) is 110 Å². The Kier molecular flexibility index (Phi) is 5.36. The number of hydrogen-bond donors (Lipinski definition) is 4. The Balaban J connectivity index is 2.35. The number of hydrogen-bond acceptors (Lipinski definition) is 4. The first-order valence-corrected chi connectivity index (χ1v) is 5.97. The third kappa shape index (κ3) is 4.15. The van der Waals surface area contributed by atoms with Gasteiger partial charge in [0.2, 0.25) is 0 Å². The molecular formula is C11H20N2O5. The fraction of sp³-hybridized carbons (Fsp3) is 0.818. The predicted molar refractivity (Wildman–Crippen MR) is 63.0 cm³/mol. The Labute approximate surface area is 105 Å². The Hall–Kier alpha value is -1.34. The lowest BCUT2D eigenvalue weighted by Gasteiger charge is -2.34. The lowest BCUT2D eigenvalue weighted by atomic mass is 9.82. The van der Waals surface area contributed by atoms with Crippen molar-refractivity contribution in [3.05, 3.63) is 0 Å². The number of carboxylic acids is 1. The Bertz CT molecular complexity index is 304. The third-order valence-electron chi connectivity index (χ3n) is 3.10. The van der Waals surface area contributed by atoms with Gasteiger partial charge in [-0.2, -0.15) is 0 Å². The van der Waals surface area contributed by atoms with Gasteiger partial charge >= 0.3 is 12.0 Å². The lowest BCUT2D eigenvalue weighted by Crippen LogP contribution is -2.49. The molecule has 18 heavy (non-hydrogen) atoms. The van der Waals surface area contributed by atoms with Crippen LogP contribution in [0.25, 0.3) is 0 Å². The fourth-order valence-electron chi connectivity index (χ4n) is 1.97. The van der Waals surface area contributed by atoms with Crippen LogP contribution in [0.5, 0.6) is 0 Å². The molecule has 0 saturated heterocycles. The molecule has 0 bridgehead atoms. The van der Waals surface area contributed by atoms with Crippen molar-refractivity contribution in [2.24, 2.45) is 5.92 Å². The van der Waals surface area contributed by atoms with Crippen LogP contribution in [0.3, 0.4) is 0 Å². The summed E-state index contributed by atoms with van der Waals surface area (Å²) in [4.78, 5) is 23.9. The molecule has 1 saturated carbocycles. The van der Waals surface area contributed by atoms with E-state index >= 15 is 0 Å². The number of rotatable bonds is 6. The summed E-state index contributed by atoms with van der Waals surface area (Å²) in [5.41, 5.74) is 0. The van der Waals surface area contributed by atoms with Crippen LogP contribution in [0.2, 0.25) is 0 Å². The maximum Gasteiger partial charge on any atom is 0.326 e. The minimum atomic E-state index is -1.16. The van der Waals surface area contributed by atoms with Gasteiger partial charge in [0.05, 0.1) is 6.10 Å². The van der Waals surface area contributed by atoms with Crippen LogP contribution >= 0.6 is 0 Å². The second-order valence-electron chi connectivity index (χ2n) is 4.72. The molecule has 1 aliphatic carbocycles. The van der Waals surface area contributed by atoms with Crippen molar-refractivity contribution in [3.8, 4) is 0 Å². The molecule has 7 nitrogen and oxygen atoms in total. The molecule has 0 aromatic carbocycles. The van der Waals surface area contributed by atoms with Gasteiger partial charge < -0.3 is 25.5 Å². The van der Waals surface area contributed by atoms with Crippen LogP contribution in [-0.4, -0.2) is 64.6 Å². The lowest BCUT2D eigenvalue weighted by molar-refractivity contribution is -0.139. The maximum absolute atomic E-state index is 11.7. The van der Waals surface area contributed by atoms with Crippen LogP contribution in [0.4, 0.5) is 4.79 Å². The van der Waals surface area contributed by atoms with E-state index in [0.717, 1.165) is 0 Å². The van der Waals surface area contributed by atoms with Crippen LogP contribution in [-0.2, 0) is 4.79 Å². The molecule has 2 amide bonds. The zero-order valence-electron chi connectivity index (χ0n) is 10.4. The number of carbonyl (C=O) groups excluding carboxylic acids is 1. The van der Waals surface area contributed by atoms with Gasteiger partial charge in [-0.15, -0.1) is 0 Å². The highest BCUT2D eigenvalue weighted by atomic mass is 16.4. The quantitative estimate of drug-likeness (QED) is 0.501. The second kappa shape index (κ2) is 6.55. The van der Waals surface area contributed by atoms with Gasteiger partial charge in [0, 0.05) is 26.6 Å². The van der Waals surface area contributed by atoms with E-state index in [1.165, 1.54) is 4.90 Å². The van der Waals surface area contributed by atoms with E-state index < -0.39 is 18.0 Å². The molecule has 1 atom stereocenters. The maximum atomic E-state index is 11.7. The highest BCUT2D eigenvalue weighted by Gasteiger charge is 2.30. The molecule has 1 rings (SSSR count). The Morgan fingerprint density at radius 2 is 2.06 bits per heavy atom. The van der Waals surface area contributed by atoms with E-state index in [2.05, 4.69) is 5.32 Å². The number of urea groups is 1. The number of aliphatic hydroxyl groups excluding tert-OH is 2. The summed E-state index contributed by atoms with van der Waals surface area (Å²) in [5, 5.41) is 29.0. The van der Waals surface area contributed by atoms with Crippen LogP contribution < -0.4 is 5.32 Å². The molecule has 1 unspecified atom stereocenters. The van der Waals surface area contributed by atoms with Gasteiger partial charge in [0.25, 0.3) is 0 Å². The smallest absolute Gasteiger partial charge is 0.326 e. The van der Waals surface area contributed by atoms with Crippen molar-refractivity contribution in [1.29, 1.82) is 0 Å². The molecule has 0 radical (unpaired) electrons. The third-order valence-corrected chi connectivity index (χ3v) is 3.10. The first kappa shape index (κ1) is 14.7. The highest BCUT2D eigenvalue weighted by Crippen LogP contribution is 2.27. The summed E-state index contributed by atoms with van der Waals surface area (Å²) in [6.07, 6.45) is 1.07. The van der Waals surface area contributed by atoms with Crippen molar-refractivity contribution >= 4 is 12.0 Å². The predicted octanol–water partition coefficient (Wildman–Crippen LogP) is -0.766. The molecule has 1 aliphatic rings. The normalized spacial score (nSPS) is 23.9. The summed E-state index contributed by atoms with van der Waals surface area (Å²) >= 11 is 0. The average molecular weight is 260 g/mol. The number of amides is 2. The summed E-state index contributed by atoms with van der Waals surface area (Å²) in [7, 11) is 1.58. The molecule has 0 aromatic rings. The van der Waals surface area contributed by atoms with Crippen molar-refractivity contribution in [2.45, 2.75) is 31.4 Å². The van der Waals surface area contributed by atoms with Crippen molar-refractivity contribution < 1.29 is 24.9 Å². The van der Waals surface area contributed by atoms with Crippen molar-refractivity contribution in [1.82, 2.24) is 10.2 Å². The fourth-order valence-corrected chi connectivity index (χ4v) is 1.97.